The minimum absolute atomic E-state index is 0.0220. The third-order valence-corrected chi connectivity index (χ3v) is 3.82. The molecular weight excluding hydrogens is 367 g/mol. The van der Waals surface area contributed by atoms with Gasteiger partial charge >= 0.3 is 0 Å². The van der Waals surface area contributed by atoms with E-state index in [0.717, 1.165) is 6.07 Å². The Morgan fingerprint density at radius 2 is 2.07 bits per heavy atom. The van der Waals surface area contributed by atoms with Gasteiger partial charge in [-0.05, 0) is 35.9 Å². The lowest BCUT2D eigenvalue weighted by Crippen LogP contribution is -2.15. The van der Waals surface area contributed by atoms with Gasteiger partial charge in [0.15, 0.2) is 11.6 Å². The summed E-state index contributed by atoms with van der Waals surface area (Å²) in [5.41, 5.74) is 5.90. The molecule has 0 saturated heterocycles. The molecule has 0 unspecified atom stereocenters. The van der Waals surface area contributed by atoms with Crippen LogP contribution in [0.4, 0.5) is 15.8 Å². The van der Waals surface area contributed by atoms with Gasteiger partial charge in [0, 0.05) is 30.6 Å². The van der Waals surface area contributed by atoms with Gasteiger partial charge in [0.05, 0.1) is 16.7 Å². The fourth-order valence-corrected chi connectivity index (χ4v) is 2.47. The summed E-state index contributed by atoms with van der Waals surface area (Å²) in [7, 11) is 0. The van der Waals surface area contributed by atoms with Gasteiger partial charge < -0.3 is 15.8 Å². The number of pyridine rings is 1. The summed E-state index contributed by atoms with van der Waals surface area (Å²) < 4.78 is 19.7. The number of primary amides is 1. The van der Waals surface area contributed by atoms with Crippen LogP contribution in [0.5, 0.6) is 11.5 Å². The molecule has 28 heavy (non-hydrogen) atoms. The molecule has 0 aliphatic rings. The van der Waals surface area contributed by atoms with Crippen LogP contribution in [0, 0.1) is 15.9 Å². The Balaban J connectivity index is 1.74. The van der Waals surface area contributed by atoms with Crippen LogP contribution in [-0.4, -0.2) is 15.8 Å². The molecule has 0 fully saturated rings. The molecule has 0 aliphatic carbocycles. The van der Waals surface area contributed by atoms with Crippen LogP contribution in [0.25, 0.3) is 0 Å². The molecule has 0 bridgehead atoms. The molecule has 9 heteroatoms. The number of carbonyl (C=O) groups is 1. The van der Waals surface area contributed by atoms with E-state index in [2.05, 4.69) is 10.3 Å². The number of aromatic nitrogens is 1. The first kappa shape index (κ1) is 18.8. The molecule has 8 nitrogen and oxygen atoms in total. The number of hydrogen-bond acceptors (Lipinski definition) is 6. The third-order valence-electron chi connectivity index (χ3n) is 3.82. The number of carbonyl (C=O) groups excluding carboxylic acids is 1. The highest BCUT2D eigenvalue weighted by Gasteiger charge is 2.15. The summed E-state index contributed by atoms with van der Waals surface area (Å²) in [6, 6.07) is 11.5. The number of benzene rings is 2. The quantitative estimate of drug-likeness (QED) is 0.475. The zero-order valence-electron chi connectivity index (χ0n) is 14.5. The van der Waals surface area contributed by atoms with Gasteiger partial charge in [-0.15, -0.1) is 0 Å². The highest BCUT2D eigenvalue weighted by Crippen LogP contribution is 2.26. The average Bonchev–Trinajstić information content (AvgIpc) is 2.68. The van der Waals surface area contributed by atoms with Crippen LogP contribution in [0.15, 0.2) is 60.9 Å². The van der Waals surface area contributed by atoms with Crippen molar-refractivity contribution >= 4 is 17.3 Å². The Bertz CT molecular complexity index is 1030. The first-order chi connectivity index (χ1) is 13.4. The normalized spacial score (nSPS) is 10.3. The van der Waals surface area contributed by atoms with Crippen LogP contribution in [0.1, 0.15) is 15.9 Å². The van der Waals surface area contributed by atoms with E-state index >= 15 is 0 Å². The minimum atomic E-state index is -0.808. The maximum atomic E-state index is 14.3. The predicted octanol–water partition coefficient (Wildman–Crippen LogP) is 3.63. The van der Waals surface area contributed by atoms with Crippen LogP contribution in [0.3, 0.4) is 0 Å². The van der Waals surface area contributed by atoms with E-state index in [1.807, 2.05) is 0 Å². The van der Waals surface area contributed by atoms with Crippen molar-refractivity contribution in [1.82, 2.24) is 4.98 Å². The second-order valence-electron chi connectivity index (χ2n) is 5.76. The van der Waals surface area contributed by atoms with Crippen molar-refractivity contribution in [2.75, 3.05) is 5.32 Å². The number of rotatable bonds is 7. The van der Waals surface area contributed by atoms with Crippen molar-refractivity contribution in [3.63, 3.8) is 0 Å². The van der Waals surface area contributed by atoms with Crippen LogP contribution >= 0.6 is 0 Å². The van der Waals surface area contributed by atoms with Gasteiger partial charge in [-0.25, -0.2) is 4.39 Å². The summed E-state index contributed by atoms with van der Waals surface area (Å²) in [5, 5.41) is 13.8. The number of non-ortho nitro benzene ring substituents is 1. The van der Waals surface area contributed by atoms with E-state index in [1.165, 1.54) is 30.5 Å². The van der Waals surface area contributed by atoms with Gasteiger partial charge in [0.2, 0.25) is 0 Å². The molecule has 0 atom stereocenters. The van der Waals surface area contributed by atoms with Crippen molar-refractivity contribution in [2.45, 2.75) is 6.54 Å². The number of nitro benzene ring substituents is 1. The Hall–Kier alpha value is -4.01. The molecule has 0 saturated carbocycles. The molecule has 1 heterocycles. The Labute approximate surface area is 158 Å². The zero-order valence-corrected chi connectivity index (χ0v) is 14.5. The molecule has 0 radical (unpaired) electrons. The third kappa shape index (κ3) is 4.39. The lowest BCUT2D eigenvalue weighted by molar-refractivity contribution is -0.384. The number of nitrogens with two attached hydrogens (primary N) is 1. The maximum absolute atomic E-state index is 14.3. The van der Waals surface area contributed by atoms with Crippen LogP contribution in [-0.2, 0) is 6.54 Å². The summed E-state index contributed by atoms with van der Waals surface area (Å²) in [6.45, 7) is 0.169. The van der Waals surface area contributed by atoms with E-state index in [0.29, 0.717) is 17.0 Å². The molecule has 2 aromatic carbocycles. The lowest BCUT2D eigenvalue weighted by Gasteiger charge is -2.11. The molecular formula is C19H15FN4O4. The van der Waals surface area contributed by atoms with Crippen molar-refractivity contribution in [3.05, 3.63) is 88.0 Å². The number of ether oxygens (including phenoxy) is 1. The smallest absolute Gasteiger partial charge is 0.270 e. The first-order valence-corrected chi connectivity index (χ1v) is 8.12. The maximum Gasteiger partial charge on any atom is 0.270 e. The van der Waals surface area contributed by atoms with Crippen molar-refractivity contribution in [1.29, 1.82) is 0 Å². The van der Waals surface area contributed by atoms with Crippen LogP contribution in [0.2, 0.25) is 0 Å². The van der Waals surface area contributed by atoms with Gasteiger partial charge in [-0.3, -0.25) is 19.9 Å². The second kappa shape index (κ2) is 8.12. The number of anilines is 1. The lowest BCUT2D eigenvalue weighted by atomic mass is 10.1. The standard InChI is InChI=1S/C19H15FN4O4/c20-16-8-12(3-6-18(16)28-14-2-1-7-22-11-14)10-23-17-5-4-13(24(26)27)9-15(17)19(21)25/h1-9,11,23H,10H2,(H2,21,25). The summed E-state index contributed by atoms with van der Waals surface area (Å²) in [5.74, 6) is -0.922. The van der Waals surface area contributed by atoms with Gasteiger partial charge in [0.1, 0.15) is 5.75 Å². The molecule has 142 valence electrons. The highest BCUT2D eigenvalue weighted by atomic mass is 19.1. The number of amides is 1. The van der Waals surface area contributed by atoms with E-state index < -0.39 is 16.6 Å². The van der Waals surface area contributed by atoms with E-state index in [9.17, 15) is 19.3 Å². The summed E-state index contributed by atoms with van der Waals surface area (Å²) in [6.07, 6.45) is 3.05. The average molecular weight is 382 g/mol. The topological polar surface area (TPSA) is 120 Å². The largest absolute Gasteiger partial charge is 0.453 e. The molecule has 3 N–H and O–H groups in total. The molecule has 0 spiro atoms. The highest BCUT2D eigenvalue weighted by molar-refractivity contribution is 5.99. The Morgan fingerprint density at radius 3 is 2.71 bits per heavy atom. The van der Waals surface area contributed by atoms with E-state index in [4.69, 9.17) is 10.5 Å². The number of nitrogens with one attached hydrogen (secondary N) is 1. The summed E-state index contributed by atoms with van der Waals surface area (Å²) >= 11 is 0. The molecule has 1 amide bonds. The van der Waals surface area contributed by atoms with Crippen molar-refractivity contribution in [3.8, 4) is 11.5 Å². The van der Waals surface area contributed by atoms with Crippen LogP contribution < -0.4 is 15.8 Å². The Kier molecular flexibility index (Phi) is 5.45. The van der Waals surface area contributed by atoms with Crippen molar-refractivity contribution < 1.29 is 18.8 Å². The van der Waals surface area contributed by atoms with Gasteiger partial charge in [-0.1, -0.05) is 6.07 Å². The van der Waals surface area contributed by atoms with E-state index in [1.54, 1.807) is 24.4 Å². The molecule has 1 aromatic heterocycles. The van der Waals surface area contributed by atoms with Gasteiger partial charge in [-0.2, -0.15) is 0 Å². The fourth-order valence-electron chi connectivity index (χ4n) is 2.47. The van der Waals surface area contributed by atoms with Crippen molar-refractivity contribution in [2.24, 2.45) is 5.73 Å². The molecule has 0 aliphatic heterocycles. The number of nitro groups is 1. The van der Waals surface area contributed by atoms with Gasteiger partial charge in [0.25, 0.3) is 11.6 Å². The minimum Gasteiger partial charge on any atom is -0.453 e. The predicted molar refractivity (Wildman–Crippen MR) is 99.7 cm³/mol. The molecule has 3 rings (SSSR count). The fraction of sp³-hybridized carbons (Fsp3) is 0.0526. The molecule has 3 aromatic rings. The number of halogens is 1. The van der Waals surface area contributed by atoms with E-state index in [-0.39, 0.29) is 23.5 Å². The number of hydrogen-bond donors (Lipinski definition) is 2. The summed E-state index contributed by atoms with van der Waals surface area (Å²) in [4.78, 5) is 25.7. The monoisotopic (exact) mass is 382 g/mol. The SMILES string of the molecule is NC(=O)c1cc([N+](=O)[O-])ccc1NCc1ccc(Oc2cccnc2)c(F)c1. The first-order valence-electron chi connectivity index (χ1n) is 8.12. The zero-order chi connectivity index (χ0) is 20.1. The number of nitrogens with zero attached hydrogens (tertiary/aromatic N) is 2. The second-order valence-corrected chi connectivity index (χ2v) is 5.76. The Morgan fingerprint density at radius 1 is 1.25 bits per heavy atom.